The Balaban J connectivity index is 1.29. The van der Waals surface area contributed by atoms with Gasteiger partial charge in [0.15, 0.2) is 0 Å². The lowest BCUT2D eigenvalue weighted by atomic mass is 10.1. The van der Waals surface area contributed by atoms with Gasteiger partial charge in [-0.2, -0.15) is 0 Å². The van der Waals surface area contributed by atoms with Gasteiger partial charge in [-0.1, -0.05) is 18.2 Å². The van der Waals surface area contributed by atoms with Gasteiger partial charge in [0.2, 0.25) is 5.95 Å². The molecule has 1 amide bonds. The largest absolute Gasteiger partial charge is 0.378 e. The lowest BCUT2D eigenvalue weighted by molar-refractivity contribution is -0.0746. The Morgan fingerprint density at radius 1 is 1.18 bits per heavy atom. The van der Waals surface area contributed by atoms with Crippen LogP contribution in [0.3, 0.4) is 0 Å². The summed E-state index contributed by atoms with van der Waals surface area (Å²) in [5.74, 6) is -0.776. The van der Waals surface area contributed by atoms with Crippen molar-refractivity contribution in [1.82, 2.24) is 24.2 Å². The Bertz CT molecular complexity index is 1160. The number of hydrogen-bond acceptors (Lipinski definition) is 6. The predicted octanol–water partition coefficient (Wildman–Crippen LogP) is 2.57. The van der Waals surface area contributed by atoms with Crippen LogP contribution in [0, 0.1) is 5.82 Å². The van der Waals surface area contributed by atoms with Crippen LogP contribution in [0.2, 0.25) is 0 Å². The van der Waals surface area contributed by atoms with Crippen molar-refractivity contribution in [3.05, 3.63) is 59.3 Å². The number of carbonyl (C=O) groups is 1. The second-order valence-corrected chi connectivity index (χ2v) is 8.12. The van der Waals surface area contributed by atoms with Crippen LogP contribution in [0.25, 0.3) is 5.65 Å². The number of rotatable bonds is 6. The highest BCUT2D eigenvalue weighted by Crippen LogP contribution is 2.24. The van der Waals surface area contributed by atoms with Crippen molar-refractivity contribution in [3.8, 4) is 0 Å². The standard InChI is InChI=1S/C22H23F3N6O2/c23-19-14(2-1-3-16(19)20(24)25)10-27-22-26-5-4-18-28-17(11-31(18)22)21(32)30-8-6-29(7-9-30)15-12-33-13-15/h1-5,11,15,20H,6-10,12-13H2,(H,26,27). The van der Waals surface area contributed by atoms with E-state index in [0.717, 1.165) is 32.4 Å². The van der Waals surface area contributed by atoms with E-state index in [1.165, 1.54) is 18.3 Å². The number of benzene rings is 1. The third kappa shape index (κ3) is 4.25. The summed E-state index contributed by atoms with van der Waals surface area (Å²) in [5.41, 5.74) is 0.249. The number of piperazine rings is 1. The molecule has 2 aliphatic heterocycles. The molecule has 2 aliphatic rings. The highest BCUT2D eigenvalue weighted by atomic mass is 19.3. The predicted molar refractivity (Wildman–Crippen MR) is 114 cm³/mol. The van der Waals surface area contributed by atoms with Crippen molar-refractivity contribution in [2.24, 2.45) is 0 Å². The zero-order chi connectivity index (χ0) is 22.9. The molecule has 1 N–H and O–H groups in total. The number of carbonyl (C=O) groups excluding carboxylic acids is 1. The van der Waals surface area contributed by atoms with Gasteiger partial charge < -0.3 is 15.0 Å². The maximum Gasteiger partial charge on any atom is 0.274 e. The normalized spacial score (nSPS) is 17.5. The zero-order valence-electron chi connectivity index (χ0n) is 17.8. The number of halogens is 3. The second kappa shape index (κ2) is 8.99. The van der Waals surface area contributed by atoms with E-state index in [4.69, 9.17) is 4.74 Å². The van der Waals surface area contributed by atoms with Crippen LogP contribution in [0.4, 0.5) is 19.1 Å². The Morgan fingerprint density at radius 2 is 1.97 bits per heavy atom. The Labute approximate surface area is 188 Å². The van der Waals surface area contributed by atoms with Crippen molar-refractivity contribution >= 4 is 17.5 Å². The van der Waals surface area contributed by atoms with E-state index in [2.05, 4.69) is 20.2 Å². The minimum Gasteiger partial charge on any atom is -0.378 e. The first-order chi connectivity index (χ1) is 16.0. The van der Waals surface area contributed by atoms with Gasteiger partial charge >= 0.3 is 0 Å². The van der Waals surface area contributed by atoms with Gasteiger partial charge in [0, 0.05) is 50.7 Å². The minimum atomic E-state index is -2.89. The molecule has 1 aromatic carbocycles. The maximum atomic E-state index is 14.3. The van der Waals surface area contributed by atoms with Crippen molar-refractivity contribution < 1.29 is 22.7 Å². The van der Waals surface area contributed by atoms with Gasteiger partial charge in [0.25, 0.3) is 12.3 Å². The van der Waals surface area contributed by atoms with Gasteiger partial charge in [-0.05, 0) is 6.07 Å². The van der Waals surface area contributed by atoms with Gasteiger partial charge in [-0.3, -0.25) is 14.1 Å². The van der Waals surface area contributed by atoms with E-state index >= 15 is 0 Å². The molecule has 5 rings (SSSR count). The molecule has 4 heterocycles. The van der Waals surface area contributed by atoms with Crippen LogP contribution in [0.5, 0.6) is 0 Å². The van der Waals surface area contributed by atoms with Gasteiger partial charge in [0.05, 0.1) is 24.8 Å². The molecular formula is C22H23F3N6O2. The molecular weight excluding hydrogens is 437 g/mol. The smallest absolute Gasteiger partial charge is 0.274 e. The highest BCUT2D eigenvalue weighted by Gasteiger charge is 2.31. The number of anilines is 1. The third-order valence-corrected chi connectivity index (χ3v) is 6.12. The first-order valence-electron chi connectivity index (χ1n) is 10.8. The van der Waals surface area contributed by atoms with E-state index in [9.17, 15) is 18.0 Å². The van der Waals surface area contributed by atoms with Gasteiger partial charge in [0.1, 0.15) is 17.2 Å². The topological polar surface area (TPSA) is 75.0 Å². The number of fused-ring (bicyclic) bond motifs is 1. The molecule has 2 fully saturated rings. The van der Waals surface area contributed by atoms with Crippen LogP contribution in [-0.2, 0) is 11.3 Å². The van der Waals surface area contributed by atoms with E-state index in [1.807, 2.05) is 0 Å². The molecule has 0 spiro atoms. The molecule has 0 atom stereocenters. The third-order valence-electron chi connectivity index (χ3n) is 6.12. The van der Waals surface area contributed by atoms with Crippen molar-refractivity contribution in [3.63, 3.8) is 0 Å². The van der Waals surface area contributed by atoms with Crippen molar-refractivity contribution in [1.29, 1.82) is 0 Å². The fourth-order valence-electron chi connectivity index (χ4n) is 4.12. The Kier molecular flexibility index (Phi) is 5.90. The lowest BCUT2D eigenvalue weighted by Crippen LogP contribution is -2.57. The number of aromatic nitrogens is 3. The van der Waals surface area contributed by atoms with Crippen LogP contribution in [0.1, 0.15) is 28.0 Å². The van der Waals surface area contributed by atoms with Gasteiger partial charge in [-0.25, -0.2) is 23.1 Å². The molecule has 11 heteroatoms. The lowest BCUT2D eigenvalue weighted by Gasteiger charge is -2.42. The fraction of sp³-hybridized carbons (Fsp3) is 0.409. The summed E-state index contributed by atoms with van der Waals surface area (Å²) < 4.78 is 47.1. The van der Waals surface area contributed by atoms with Crippen LogP contribution in [-0.4, -0.2) is 75.5 Å². The van der Waals surface area contributed by atoms with Crippen LogP contribution in [0.15, 0.2) is 36.7 Å². The number of amides is 1. The van der Waals surface area contributed by atoms with E-state index < -0.39 is 17.8 Å². The van der Waals surface area contributed by atoms with E-state index in [1.54, 1.807) is 21.6 Å². The molecule has 0 saturated carbocycles. The Hall–Kier alpha value is -3.18. The summed E-state index contributed by atoms with van der Waals surface area (Å²) in [4.78, 5) is 25.8. The molecule has 3 aromatic rings. The number of hydrogen-bond donors (Lipinski definition) is 1. The molecule has 174 valence electrons. The quantitative estimate of drug-likeness (QED) is 0.610. The van der Waals surface area contributed by atoms with Gasteiger partial charge in [-0.15, -0.1) is 0 Å². The average molecular weight is 460 g/mol. The number of imidazole rings is 1. The molecule has 2 aromatic heterocycles. The maximum absolute atomic E-state index is 14.3. The number of nitrogens with one attached hydrogen (secondary N) is 1. The number of alkyl halides is 2. The summed E-state index contributed by atoms with van der Waals surface area (Å²) in [6.45, 7) is 4.28. The summed E-state index contributed by atoms with van der Waals surface area (Å²) in [6, 6.07) is 6.00. The first kappa shape index (κ1) is 21.7. The summed E-state index contributed by atoms with van der Waals surface area (Å²) in [6.07, 6.45) is 0.215. The molecule has 0 bridgehead atoms. The monoisotopic (exact) mass is 460 g/mol. The molecule has 2 saturated heterocycles. The van der Waals surface area contributed by atoms with Crippen LogP contribution < -0.4 is 5.32 Å². The molecule has 0 unspecified atom stereocenters. The molecule has 0 radical (unpaired) electrons. The first-order valence-corrected chi connectivity index (χ1v) is 10.8. The fourth-order valence-corrected chi connectivity index (χ4v) is 4.12. The summed E-state index contributed by atoms with van der Waals surface area (Å²) in [7, 11) is 0. The summed E-state index contributed by atoms with van der Waals surface area (Å²) in [5, 5.41) is 2.96. The average Bonchev–Trinajstić information content (AvgIpc) is 3.22. The SMILES string of the molecule is O=C(c1cn2c(NCc3cccc(C(F)F)c3F)nccc2n1)N1CCN(C2COC2)CC1. The summed E-state index contributed by atoms with van der Waals surface area (Å²) >= 11 is 0. The molecule has 0 aliphatic carbocycles. The van der Waals surface area contributed by atoms with Crippen LogP contribution >= 0.6 is 0 Å². The van der Waals surface area contributed by atoms with Crippen molar-refractivity contribution in [2.75, 3.05) is 44.7 Å². The highest BCUT2D eigenvalue weighted by molar-refractivity contribution is 5.93. The second-order valence-electron chi connectivity index (χ2n) is 8.12. The van der Waals surface area contributed by atoms with E-state index in [0.29, 0.717) is 30.7 Å². The molecule has 8 nitrogen and oxygen atoms in total. The Morgan fingerprint density at radius 3 is 2.67 bits per heavy atom. The van der Waals surface area contributed by atoms with E-state index in [-0.39, 0.29) is 23.7 Å². The number of nitrogens with zero attached hydrogens (tertiary/aromatic N) is 5. The van der Waals surface area contributed by atoms with Crippen molar-refractivity contribution in [2.45, 2.75) is 19.0 Å². The minimum absolute atomic E-state index is 0.0488. The molecule has 33 heavy (non-hydrogen) atoms. The number of ether oxygens (including phenoxy) is 1. The zero-order valence-corrected chi connectivity index (χ0v) is 17.8.